The van der Waals surface area contributed by atoms with Crippen LogP contribution in [0.15, 0.2) is 71.1 Å². The first kappa shape index (κ1) is 23.2. The zero-order valence-corrected chi connectivity index (χ0v) is 19.5. The van der Waals surface area contributed by atoms with Gasteiger partial charge in [0.1, 0.15) is 17.5 Å². The molecule has 1 aromatic heterocycles. The molecule has 8 heteroatoms. The van der Waals surface area contributed by atoms with Gasteiger partial charge in [0.25, 0.3) is 0 Å². The molecule has 176 valence electrons. The second-order valence-electron chi connectivity index (χ2n) is 8.44. The number of nitrogens with one attached hydrogen (secondary N) is 1. The molecule has 1 saturated heterocycles. The Morgan fingerprint density at radius 3 is 2.79 bits per heavy atom. The Hall–Kier alpha value is -3.94. The second-order valence-corrected chi connectivity index (χ2v) is 8.44. The second kappa shape index (κ2) is 10.8. The third kappa shape index (κ3) is 5.51. The van der Waals surface area contributed by atoms with E-state index in [0.29, 0.717) is 17.9 Å². The van der Waals surface area contributed by atoms with E-state index in [4.69, 9.17) is 10.6 Å². The topological polar surface area (TPSA) is 107 Å². The smallest absolute Gasteiger partial charge is 0.245 e. The molecule has 3 N–H and O–H groups in total. The van der Waals surface area contributed by atoms with Crippen molar-refractivity contribution >= 4 is 17.8 Å². The molecular weight excluding hydrogens is 428 g/mol. The highest BCUT2D eigenvalue weighted by Crippen LogP contribution is 2.25. The van der Waals surface area contributed by atoms with Crippen molar-refractivity contribution in [2.45, 2.75) is 44.7 Å². The van der Waals surface area contributed by atoms with E-state index < -0.39 is 6.04 Å². The van der Waals surface area contributed by atoms with E-state index in [2.05, 4.69) is 32.5 Å². The maximum atomic E-state index is 12.8. The van der Waals surface area contributed by atoms with E-state index >= 15 is 0 Å². The summed E-state index contributed by atoms with van der Waals surface area (Å²) in [6, 6.07) is 15.5. The first-order chi connectivity index (χ1) is 16.6. The van der Waals surface area contributed by atoms with Gasteiger partial charge in [0, 0.05) is 17.8 Å². The number of aliphatic imine (C=N–C) groups is 1. The van der Waals surface area contributed by atoms with Crippen molar-refractivity contribution < 1.29 is 9.53 Å². The highest BCUT2D eigenvalue weighted by molar-refractivity contribution is 6.38. The monoisotopic (exact) mass is 458 g/mol. The highest BCUT2D eigenvalue weighted by atomic mass is 16.5. The first-order valence-electron chi connectivity index (χ1n) is 11.4. The number of nitrogens with two attached hydrogens (primary N) is 1. The van der Waals surface area contributed by atoms with Gasteiger partial charge in [0.2, 0.25) is 5.91 Å². The van der Waals surface area contributed by atoms with Crippen LogP contribution < -0.4 is 15.9 Å². The number of hydrogen-bond donors (Lipinski definition) is 2. The van der Waals surface area contributed by atoms with E-state index in [0.717, 1.165) is 36.2 Å². The number of methoxy groups -OCH3 is 1. The van der Waals surface area contributed by atoms with Crippen molar-refractivity contribution in [1.29, 1.82) is 0 Å². The number of carbonyl (C=O) groups is 1. The van der Waals surface area contributed by atoms with E-state index in [-0.39, 0.29) is 11.9 Å². The number of nitrogens with zero attached hydrogens (tertiary/aromatic N) is 4. The molecule has 2 heterocycles. The van der Waals surface area contributed by atoms with Crippen molar-refractivity contribution in [3.05, 3.63) is 77.9 Å². The largest absolute Gasteiger partial charge is 0.495 e. The van der Waals surface area contributed by atoms with Crippen LogP contribution in [0.5, 0.6) is 5.75 Å². The Bertz CT molecular complexity index is 1190. The van der Waals surface area contributed by atoms with E-state index in [1.807, 2.05) is 54.1 Å². The van der Waals surface area contributed by atoms with Crippen LogP contribution in [-0.4, -0.2) is 46.6 Å². The van der Waals surface area contributed by atoms with Crippen LogP contribution in [0.2, 0.25) is 0 Å². The zero-order valence-electron chi connectivity index (χ0n) is 19.5. The molecule has 0 spiro atoms. The molecule has 1 aliphatic heterocycles. The Balaban J connectivity index is 1.46. The summed E-state index contributed by atoms with van der Waals surface area (Å²) < 4.78 is 7.48. The molecule has 1 amide bonds. The van der Waals surface area contributed by atoms with Gasteiger partial charge >= 0.3 is 0 Å². The molecule has 2 aromatic carbocycles. The number of aromatic nitrogens is 2. The number of amides is 1. The third-order valence-corrected chi connectivity index (χ3v) is 5.99. The van der Waals surface area contributed by atoms with Crippen LogP contribution in [0.3, 0.4) is 0 Å². The van der Waals surface area contributed by atoms with Crippen molar-refractivity contribution in [3.8, 4) is 11.4 Å². The van der Waals surface area contributed by atoms with Crippen LogP contribution in [0.4, 0.5) is 0 Å². The summed E-state index contributed by atoms with van der Waals surface area (Å²) in [6.45, 7) is 1.93. The molecule has 1 aliphatic rings. The van der Waals surface area contributed by atoms with Gasteiger partial charge in [-0.15, -0.1) is 0 Å². The highest BCUT2D eigenvalue weighted by Gasteiger charge is 2.25. The Morgan fingerprint density at radius 2 is 2.09 bits per heavy atom. The minimum atomic E-state index is -0.465. The summed E-state index contributed by atoms with van der Waals surface area (Å²) in [7, 11) is 1.61. The lowest BCUT2D eigenvalue weighted by Gasteiger charge is -2.16. The Kier molecular flexibility index (Phi) is 7.37. The van der Waals surface area contributed by atoms with Gasteiger partial charge in [-0.3, -0.25) is 9.79 Å². The summed E-state index contributed by atoms with van der Waals surface area (Å²) in [5.74, 6) is 6.27. The van der Waals surface area contributed by atoms with Crippen LogP contribution >= 0.6 is 0 Å². The van der Waals surface area contributed by atoms with E-state index in [1.54, 1.807) is 19.7 Å². The van der Waals surface area contributed by atoms with Crippen molar-refractivity contribution in [2.75, 3.05) is 7.11 Å². The fraction of sp³-hybridized carbons (Fsp3) is 0.308. The average molecular weight is 459 g/mol. The van der Waals surface area contributed by atoms with Gasteiger partial charge in [-0.25, -0.2) is 4.98 Å². The molecular formula is C26H30N6O2. The molecule has 2 atom stereocenters. The van der Waals surface area contributed by atoms with Gasteiger partial charge in [0.05, 0.1) is 31.0 Å². The molecule has 1 fully saturated rings. The summed E-state index contributed by atoms with van der Waals surface area (Å²) in [6.07, 6.45) is 8.60. The number of rotatable bonds is 7. The number of aryl methyl sites for hydroxylation is 1. The SMILES string of the molecule is COc1cc(/C(C=NC2CCCC(Cc3ccccc3)NC2=O)=N/N)ccc1-n1cnc(C)c1. The maximum Gasteiger partial charge on any atom is 0.245 e. The van der Waals surface area contributed by atoms with Crippen LogP contribution in [-0.2, 0) is 11.2 Å². The fourth-order valence-corrected chi connectivity index (χ4v) is 4.20. The van der Waals surface area contributed by atoms with Crippen molar-refractivity contribution in [3.63, 3.8) is 0 Å². The third-order valence-electron chi connectivity index (χ3n) is 5.99. The van der Waals surface area contributed by atoms with Gasteiger partial charge in [-0.1, -0.05) is 36.4 Å². The maximum absolute atomic E-state index is 12.8. The Labute approximate surface area is 199 Å². The van der Waals surface area contributed by atoms with Gasteiger partial charge < -0.3 is 20.5 Å². The summed E-state index contributed by atoms with van der Waals surface area (Å²) in [5, 5.41) is 7.06. The Morgan fingerprint density at radius 1 is 1.26 bits per heavy atom. The minimum absolute atomic E-state index is 0.0607. The summed E-state index contributed by atoms with van der Waals surface area (Å²) in [4.78, 5) is 21.7. The predicted molar refractivity (Wildman–Crippen MR) is 134 cm³/mol. The van der Waals surface area contributed by atoms with E-state index in [1.165, 1.54) is 5.56 Å². The average Bonchev–Trinajstić information content (AvgIpc) is 3.21. The standard InChI is InChI=1S/C26H30N6O2/c1-18-16-32(17-29-18)24-12-11-20(14-25(24)34-2)23(31-27)15-28-22-10-6-9-21(30-26(22)33)13-19-7-4-3-5-8-19/h3-5,7-8,11-12,14-17,21-22H,6,9-10,13,27H2,1-2H3,(H,30,33)/b28-15?,31-23+. The molecule has 2 unspecified atom stereocenters. The van der Waals surface area contributed by atoms with Crippen LogP contribution in [0, 0.1) is 6.92 Å². The van der Waals surface area contributed by atoms with E-state index in [9.17, 15) is 4.79 Å². The number of benzene rings is 2. The molecule has 4 rings (SSSR count). The molecule has 0 saturated carbocycles. The molecule has 8 nitrogen and oxygen atoms in total. The predicted octanol–water partition coefficient (Wildman–Crippen LogP) is 3.20. The van der Waals surface area contributed by atoms with Crippen LogP contribution in [0.25, 0.3) is 5.69 Å². The summed E-state index contributed by atoms with van der Waals surface area (Å²) >= 11 is 0. The number of imidazole rings is 1. The molecule has 0 aliphatic carbocycles. The normalized spacial score (nSPS) is 19.1. The quantitative estimate of drug-likeness (QED) is 0.322. The van der Waals surface area contributed by atoms with Crippen LogP contribution in [0.1, 0.15) is 36.1 Å². The molecule has 0 bridgehead atoms. The van der Waals surface area contributed by atoms with Crippen molar-refractivity contribution in [1.82, 2.24) is 14.9 Å². The van der Waals surface area contributed by atoms with Gasteiger partial charge in [-0.2, -0.15) is 5.10 Å². The first-order valence-corrected chi connectivity index (χ1v) is 11.4. The lowest BCUT2D eigenvalue weighted by atomic mass is 10.0. The zero-order chi connectivity index (χ0) is 23.9. The number of hydrogen-bond acceptors (Lipinski definition) is 6. The molecule has 0 radical (unpaired) electrons. The van der Waals surface area contributed by atoms with Crippen molar-refractivity contribution in [2.24, 2.45) is 15.9 Å². The number of ether oxygens (including phenoxy) is 1. The lowest BCUT2D eigenvalue weighted by Crippen LogP contribution is -2.39. The summed E-state index contributed by atoms with van der Waals surface area (Å²) in [5.41, 5.74) is 4.21. The van der Waals surface area contributed by atoms with Gasteiger partial charge in [0.15, 0.2) is 0 Å². The van der Waals surface area contributed by atoms with Gasteiger partial charge in [-0.05, 0) is 50.3 Å². The minimum Gasteiger partial charge on any atom is -0.495 e. The number of hydrazone groups is 1. The molecule has 34 heavy (non-hydrogen) atoms. The number of carbonyl (C=O) groups excluding carboxylic acids is 1. The lowest BCUT2D eigenvalue weighted by molar-refractivity contribution is -0.122. The molecule has 3 aromatic rings. The fourth-order valence-electron chi connectivity index (χ4n) is 4.20.